The van der Waals surface area contributed by atoms with Crippen LogP contribution in [0.2, 0.25) is 0 Å². The maximum atomic E-state index is 12.1. The summed E-state index contributed by atoms with van der Waals surface area (Å²) in [5.74, 6) is 0.281. The first-order valence-corrected chi connectivity index (χ1v) is 11.2. The van der Waals surface area contributed by atoms with Gasteiger partial charge in [0.15, 0.2) is 4.34 Å². The Hall–Kier alpha value is -1.64. The van der Waals surface area contributed by atoms with E-state index in [1.54, 1.807) is 0 Å². The highest BCUT2D eigenvalue weighted by Crippen LogP contribution is 2.26. The molecule has 0 saturated carbocycles. The summed E-state index contributed by atoms with van der Waals surface area (Å²) in [6, 6.07) is 8.08. The average Bonchev–Trinajstić information content (AvgIpc) is 3.36. The van der Waals surface area contributed by atoms with Gasteiger partial charge in [-0.25, -0.2) is 0 Å². The van der Waals surface area contributed by atoms with Crippen LogP contribution >= 0.6 is 23.1 Å². The Morgan fingerprint density at radius 1 is 1.33 bits per heavy atom. The van der Waals surface area contributed by atoms with Gasteiger partial charge in [0, 0.05) is 18.8 Å². The van der Waals surface area contributed by atoms with Crippen LogP contribution in [0.1, 0.15) is 38.2 Å². The summed E-state index contributed by atoms with van der Waals surface area (Å²) in [5.41, 5.74) is 2.14. The first-order valence-electron chi connectivity index (χ1n) is 9.43. The number of aryl methyl sites for hydroxylation is 1. The average molecular weight is 407 g/mol. The van der Waals surface area contributed by atoms with E-state index in [2.05, 4.69) is 39.9 Å². The van der Waals surface area contributed by atoms with Gasteiger partial charge in [0.25, 0.3) is 0 Å². The number of hydrogen-bond acceptors (Lipinski definition) is 7. The van der Waals surface area contributed by atoms with Gasteiger partial charge >= 0.3 is 0 Å². The summed E-state index contributed by atoms with van der Waals surface area (Å²) in [6.07, 6.45) is 5.94. The number of nitrogens with one attached hydrogen (secondary N) is 2. The van der Waals surface area contributed by atoms with Crippen LogP contribution < -0.4 is 10.6 Å². The van der Waals surface area contributed by atoms with Gasteiger partial charge in [0.2, 0.25) is 11.0 Å². The first kappa shape index (κ1) is 20.1. The summed E-state index contributed by atoms with van der Waals surface area (Å²) >= 11 is 2.87. The number of benzene rings is 1. The minimum absolute atomic E-state index is 0.0367. The molecule has 1 amide bonds. The Bertz CT molecular complexity index is 715. The molecule has 0 unspecified atom stereocenters. The monoisotopic (exact) mass is 406 g/mol. The minimum Gasteiger partial charge on any atom is -0.376 e. The third-order valence-electron chi connectivity index (χ3n) is 4.29. The quantitative estimate of drug-likeness (QED) is 0.576. The maximum Gasteiger partial charge on any atom is 0.234 e. The Balaban J connectivity index is 1.38. The molecule has 2 aromatic rings. The molecule has 27 heavy (non-hydrogen) atoms. The van der Waals surface area contributed by atoms with Crippen molar-refractivity contribution in [2.75, 3.05) is 29.5 Å². The lowest BCUT2D eigenvalue weighted by Crippen LogP contribution is -2.18. The number of amides is 1. The molecule has 146 valence electrons. The molecule has 8 heteroatoms. The SMILES string of the molecule is CCCCc1ccc(NC(=O)CSc2nnc(NC[C@H]3CCCO3)s2)cc1. The highest BCUT2D eigenvalue weighted by Gasteiger charge is 2.16. The summed E-state index contributed by atoms with van der Waals surface area (Å²) in [6.45, 7) is 3.79. The van der Waals surface area contributed by atoms with E-state index >= 15 is 0 Å². The number of anilines is 2. The molecule has 2 N–H and O–H groups in total. The number of ether oxygens (including phenoxy) is 1. The molecule has 2 heterocycles. The van der Waals surface area contributed by atoms with Crippen molar-refractivity contribution in [2.45, 2.75) is 49.5 Å². The molecule has 0 spiro atoms. The number of carbonyl (C=O) groups excluding carboxylic acids is 1. The van der Waals surface area contributed by atoms with Crippen LogP contribution in [0.5, 0.6) is 0 Å². The zero-order valence-electron chi connectivity index (χ0n) is 15.6. The third kappa shape index (κ3) is 6.79. The van der Waals surface area contributed by atoms with Gasteiger partial charge in [-0.2, -0.15) is 0 Å². The van der Waals surface area contributed by atoms with Gasteiger partial charge in [-0.1, -0.05) is 48.6 Å². The highest BCUT2D eigenvalue weighted by molar-refractivity contribution is 8.01. The zero-order valence-corrected chi connectivity index (χ0v) is 17.2. The molecular weight excluding hydrogens is 380 g/mol. The molecule has 0 bridgehead atoms. The van der Waals surface area contributed by atoms with Crippen molar-refractivity contribution in [3.05, 3.63) is 29.8 Å². The summed E-state index contributed by atoms with van der Waals surface area (Å²) in [7, 11) is 0. The van der Waals surface area contributed by atoms with E-state index in [1.165, 1.54) is 41.5 Å². The van der Waals surface area contributed by atoms with Crippen LogP contribution in [0.4, 0.5) is 10.8 Å². The van der Waals surface area contributed by atoms with Crippen LogP contribution in [0.15, 0.2) is 28.6 Å². The minimum atomic E-state index is -0.0367. The molecule has 1 aliphatic rings. The van der Waals surface area contributed by atoms with Gasteiger partial charge in [-0.15, -0.1) is 10.2 Å². The zero-order chi connectivity index (χ0) is 18.9. The van der Waals surface area contributed by atoms with Gasteiger partial charge in [-0.3, -0.25) is 4.79 Å². The van der Waals surface area contributed by atoms with Crippen LogP contribution in [0.25, 0.3) is 0 Å². The molecule has 1 aromatic heterocycles. The number of hydrogen-bond donors (Lipinski definition) is 2. The molecule has 1 fully saturated rings. The second-order valence-electron chi connectivity index (χ2n) is 6.53. The molecule has 6 nitrogen and oxygen atoms in total. The van der Waals surface area contributed by atoms with Crippen LogP contribution in [0, 0.1) is 0 Å². The second kappa shape index (κ2) is 10.6. The molecule has 1 aliphatic heterocycles. The fourth-order valence-corrected chi connectivity index (χ4v) is 4.36. The van der Waals surface area contributed by atoms with Crippen molar-refractivity contribution in [1.82, 2.24) is 10.2 Å². The topological polar surface area (TPSA) is 76.1 Å². The van der Waals surface area contributed by atoms with Crippen LogP contribution in [0.3, 0.4) is 0 Å². The number of unbranched alkanes of at least 4 members (excludes halogenated alkanes) is 1. The highest BCUT2D eigenvalue weighted by atomic mass is 32.2. The Morgan fingerprint density at radius 2 is 2.19 bits per heavy atom. The van der Waals surface area contributed by atoms with Crippen LogP contribution in [-0.4, -0.2) is 41.1 Å². The van der Waals surface area contributed by atoms with Gasteiger partial charge in [0.05, 0.1) is 11.9 Å². The van der Waals surface area contributed by atoms with Gasteiger partial charge in [0.1, 0.15) is 0 Å². The fraction of sp³-hybridized carbons (Fsp3) is 0.526. The van der Waals surface area contributed by atoms with E-state index in [0.717, 1.165) is 47.6 Å². The number of nitrogens with zero attached hydrogens (tertiary/aromatic N) is 2. The predicted molar refractivity (Wildman–Crippen MR) is 112 cm³/mol. The van der Waals surface area contributed by atoms with E-state index in [4.69, 9.17) is 4.74 Å². The third-order valence-corrected chi connectivity index (χ3v) is 6.31. The van der Waals surface area contributed by atoms with E-state index in [9.17, 15) is 4.79 Å². The van der Waals surface area contributed by atoms with Crippen LogP contribution in [-0.2, 0) is 16.0 Å². The largest absolute Gasteiger partial charge is 0.376 e. The predicted octanol–water partition coefficient (Wildman–Crippen LogP) is 4.20. The second-order valence-corrected chi connectivity index (χ2v) is 8.73. The molecule has 1 atom stereocenters. The van der Waals surface area contributed by atoms with E-state index in [-0.39, 0.29) is 12.0 Å². The molecule has 3 rings (SSSR count). The number of rotatable bonds is 10. The Labute approximate surface area is 168 Å². The molecule has 1 saturated heterocycles. The van der Waals surface area contributed by atoms with E-state index in [1.807, 2.05) is 12.1 Å². The standard InChI is InChI=1S/C19H26N4O2S2/c1-2-3-5-14-7-9-15(10-8-14)21-17(24)13-26-19-23-22-18(27-19)20-12-16-6-4-11-25-16/h7-10,16H,2-6,11-13H2,1H3,(H,20,22)(H,21,24)/t16-/m1/s1. The summed E-state index contributed by atoms with van der Waals surface area (Å²) in [5, 5.41) is 15.2. The molecule has 1 aromatic carbocycles. The number of aromatic nitrogens is 2. The van der Waals surface area contributed by atoms with Gasteiger partial charge < -0.3 is 15.4 Å². The van der Waals surface area contributed by atoms with E-state index < -0.39 is 0 Å². The van der Waals surface area contributed by atoms with Crippen molar-refractivity contribution in [3.63, 3.8) is 0 Å². The van der Waals surface area contributed by atoms with Crippen molar-refractivity contribution in [3.8, 4) is 0 Å². The van der Waals surface area contributed by atoms with Crippen molar-refractivity contribution < 1.29 is 9.53 Å². The van der Waals surface area contributed by atoms with E-state index in [0.29, 0.717) is 5.75 Å². The Kier molecular flexibility index (Phi) is 7.92. The lowest BCUT2D eigenvalue weighted by atomic mass is 10.1. The van der Waals surface area contributed by atoms with Gasteiger partial charge in [-0.05, 0) is 43.4 Å². The molecule has 0 radical (unpaired) electrons. The normalized spacial score (nSPS) is 16.4. The number of carbonyl (C=O) groups is 1. The Morgan fingerprint density at radius 3 is 2.93 bits per heavy atom. The lowest BCUT2D eigenvalue weighted by molar-refractivity contribution is -0.113. The molecule has 0 aliphatic carbocycles. The smallest absolute Gasteiger partial charge is 0.234 e. The maximum absolute atomic E-state index is 12.1. The summed E-state index contributed by atoms with van der Waals surface area (Å²) < 4.78 is 6.37. The fourth-order valence-electron chi connectivity index (χ4n) is 2.81. The number of thioether (sulfide) groups is 1. The summed E-state index contributed by atoms with van der Waals surface area (Å²) in [4.78, 5) is 12.1. The van der Waals surface area contributed by atoms with Crippen molar-refractivity contribution in [2.24, 2.45) is 0 Å². The lowest BCUT2D eigenvalue weighted by Gasteiger charge is -2.08. The van der Waals surface area contributed by atoms with Crippen molar-refractivity contribution in [1.29, 1.82) is 0 Å². The molecular formula is C19H26N4O2S2. The first-order chi connectivity index (χ1) is 13.2. The van der Waals surface area contributed by atoms with Crippen molar-refractivity contribution >= 4 is 39.8 Å².